The molecule has 1 atom stereocenters. The van der Waals surface area contributed by atoms with Gasteiger partial charge >= 0.3 is 17.4 Å². The molecule has 0 aromatic carbocycles. The van der Waals surface area contributed by atoms with Crippen molar-refractivity contribution in [3.8, 4) is 0 Å². The van der Waals surface area contributed by atoms with E-state index in [0.29, 0.717) is 19.8 Å². The van der Waals surface area contributed by atoms with Crippen molar-refractivity contribution in [1.29, 1.82) is 0 Å². The Morgan fingerprint density at radius 1 is 0.926 bits per heavy atom. The average molecular weight is 423 g/mol. The van der Waals surface area contributed by atoms with Crippen LogP contribution in [0.15, 0.2) is 12.3 Å². The smallest absolute Gasteiger partial charge is 0.396 e. The lowest BCUT2D eigenvalue weighted by molar-refractivity contribution is -0.0149. The second kappa shape index (κ2) is 14.0. The third-order valence-electron chi connectivity index (χ3n) is 5.02. The normalized spacial score (nSPS) is 22.0. The molecule has 0 aromatic heterocycles. The molecule has 162 valence electrons. The van der Waals surface area contributed by atoms with Crippen molar-refractivity contribution in [2.75, 3.05) is 41.2 Å². The predicted octanol–water partition coefficient (Wildman–Crippen LogP) is 4.39. The van der Waals surface area contributed by atoms with Crippen molar-refractivity contribution in [1.82, 2.24) is 0 Å². The molecule has 0 aliphatic carbocycles. The predicted molar refractivity (Wildman–Crippen MR) is 114 cm³/mol. The van der Waals surface area contributed by atoms with E-state index in [4.69, 9.17) is 26.9 Å². The zero-order valence-corrected chi connectivity index (χ0v) is 20.6. The van der Waals surface area contributed by atoms with Crippen LogP contribution in [0.3, 0.4) is 0 Å². The van der Waals surface area contributed by atoms with Gasteiger partial charge in [-0.1, -0.05) is 32.8 Å². The first-order valence-electron chi connectivity index (χ1n) is 10.2. The van der Waals surface area contributed by atoms with Crippen molar-refractivity contribution in [2.45, 2.75) is 71.1 Å². The molecule has 6 nitrogen and oxygen atoms in total. The topological polar surface area (TPSA) is 55.4 Å². The Labute approximate surface area is 169 Å². The van der Waals surface area contributed by atoms with Crippen LogP contribution in [0, 0.1) is 0 Å². The first-order chi connectivity index (χ1) is 12.9. The number of hydrogen-bond donors (Lipinski definition) is 0. The maximum absolute atomic E-state index is 5.83. The van der Waals surface area contributed by atoms with Crippen LogP contribution in [-0.2, 0) is 26.9 Å². The van der Waals surface area contributed by atoms with Crippen LogP contribution in [0.1, 0.15) is 59.8 Å². The molecule has 1 fully saturated rings. The van der Waals surface area contributed by atoms with Gasteiger partial charge in [-0.2, -0.15) is 0 Å². The minimum Gasteiger partial charge on any atom is -0.396 e. The Balaban J connectivity index is 0.000000516. The molecule has 0 aromatic rings. The molecule has 0 bridgehead atoms. The van der Waals surface area contributed by atoms with Crippen LogP contribution in [0.2, 0.25) is 6.04 Å². The lowest BCUT2D eigenvalue weighted by Gasteiger charge is -2.47. The van der Waals surface area contributed by atoms with Crippen molar-refractivity contribution >= 4 is 17.4 Å². The zero-order valence-electron chi connectivity index (χ0n) is 18.6. The lowest BCUT2D eigenvalue weighted by Crippen LogP contribution is -2.64. The minimum atomic E-state index is -2.51. The van der Waals surface area contributed by atoms with Crippen molar-refractivity contribution in [3.63, 3.8) is 0 Å². The zero-order chi connectivity index (χ0) is 20.8. The Bertz CT molecular complexity index is 371. The van der Waals surface area contributed by atoms with E-state index in [2.05, 4.69) is 13.5 Å². The Hall–Kier alpha value is -0.0662. The van der Waals surface area contributed by atoms with E-state index in [-0.39, 0.29) is 5.22 Å². The van der Waals surface area contributed by atoms with Crippen LogP contribution in [0.4, 0.5) is 0 Å². The second-order valence-electron chi connectivity index (χ2n) is 6.42. The molecule has 0 N–H and O–H groups in total. The van der Waals surface area contributed by atoms with Gasteiger partial charge in [0.2, 0.25) is 0 Å². The van der Waals surface area contributed by atoms with Crippen LogP contribution in [0.25, 0.3) is 0 Å². The van der Waals surface area contributed by atoms with Crippen LogP contribution < -0.4 is 0 Å². The van der Waals surface area contributed by atoms with Gasteiger partial charge in [0.05, 0.1) is 0 Å². The second-order valence-corrected chi connectivity index (χ2v) is 12.6. The van der Waals surface area contributed by atoms with Crippen LogP contribution >= 0.6 is 0 Å². The molecular formula is C19H42O6Si2. The van der Waals surface area contributed by atoms with E-state index < -0.39 is 17.4 Å². The molecule has 1 aliphatic heterocycles. The Morgan fingerprint density at radius 2 is 1.44 bits per heavy atom. The maximum atomic E-state index is 5.83. The van der Waals surface area contributed by atoms with Crippen molar-refractivity contribution < 1.29 is 26.9 Å². The molecule has 0 spiro atoms. The third kappa shape index (κ3) is 7.04. The minimum absolute atomic E-state index is 0.122. The molecular weight excluding hydrogens is 380 g/mol. The van der Waals surface area contributed by atoms with Gasteiger partial charge in [0, 0.05) is 41.2 Å². The lowest BCUT2D eigenvalue weighted by atomic mass is 10.1. The van der Waals surface area contributed by atoms with E-state index in [1.54, 1.807) is 27.0 Å². The summed E-state index contributed by atoms with van der Waals surface area (Å²) in [6.45, 7) is 13.4. The number of ether oxygens (including phenoxy) is 1. The van der Waals surface area contributed by atoms with Gasteiger partial charge in [-0.15, -0.1) is 0 Å². The highest BCUT2D eigenvalue weighted by Gasteiger charge is 2.58. The fraction of sp³-hybridized carbons (Fsp3) is 0.895. The van der Waals surface area contributed by atoms with Crippen LogP contribution in [-0.4, -0.2) is 63.7 Å². The highest BCUT2D eigenvalue weighted by molar-refractivity contribution is 6.70. The van der Waals surface area contributed by atoms with Crippen LogP contribution in [0.5, 0.6) is 0 Å². The molecule has 0 amide bonds. The standard InChI is InChI=1S/C11H24O3Si.C8H18O3Si/c1-5-8-11(12-2)9-6-7-10-15(11,13-3)14-4;1-5-9-12(8-4,10-6-2)11-7-3/h5-10H2,1-4H3;8H,4-7H2,1-3H3. The fourth-order valence-corrected chi connectivity index (χ4v) is 9.63. The van der Waals surface area contributed by atoms with Crippen molar-refractivity contribution in [3.05, 3.63) is 12.3 Å². The Kier molecular flexibility index (Phi) is 14.0. The summed E-state index contributed by atoms with van der Waals surface area (Å²) in [7, 11) is 0.712. The molecule has 8 heteroatoms. The molecule has 1 unspecified atom stereocenters. The molecule has 0 saturated carbocycles. The van der Waals surface area contributed by atoms with E-state index >= 15 is 0 Å². The summed E-state index contributed by atoms with van der Waals surface area (Å²) in [6, 6.07) is 1.06. The maximum Gasteiger partial charge on any atom is 0.528 e. The van der Waals surface area contributed by atoms with Gasteiger partial charge in [0.25, 0.3) is 0 Å². The highest BCUT2D eigenvalue weighted by atomic mass is 28.4. The summed E-state index contributed by atoms with van der Waals surface area (Å²) in [5.41, 5.74) is 1.67. The molecule has 1 heterocycles. The van der Waals surface area contributed by atoms with Gasteiger partial charge < -0.3 is 26.9 Å². The van der Waals surface area contributed by atoms with Gasteiger partial charge in [0.15, 0.2) is 0 Å². The molecule has 0 radical (unpaired) electrons. The molecule has 1 aliphatic rings. The quantitative estimate of drug-likeness (QED) is 0.435. The number of hydrogen-bond acceptors (Lipinski definition) is 6. The average Bonchev–Trinajstić information content (AvgIpc) is 2.69. The molecule has 27 heavy (non-hydrogen) atoms. The first-order valence-corrected chi connectivity index (χ1v) is 14.0. The fourth-order valence-electron chi connectivity index (χ4n) is 3.83. The summed E-state index contributed by atoms with van der Waals surface area (Å²) in [5.74, 6) is 0. The summed E-state index contributed by atoms with van der Waals surface area (Å²) in [4.78, 5) is 0. The van der Waals surface area contributed by atoms with Gasteiger partial charge in [-0.3, -0.25) is 0 Å². The van der Waals surface area contributed by atoms with Crippen molar-refractivity contribution in [2.24, 2.45) is 0 Å². The number of rotatable bonds is 12. The van der Waals surface area contributed by atoms with E-state index in [1.807, 2.05) is 20.8 Å². The monoisotopic (exact) mass is 422 g/mol. The summed E-state index contributed by atoms with van der Waals surface area (Å²) < 4.78 is 33.7. The van der Waals surface area contributed by atoms with Gasteiger partial charge in [0.1, 0.15) is 5.22 Å². The Morgan fingerprint density at radius 3 is 1.78 bits per heavy atom. The molecule has 1 saturated heterocycles. The SMILES string of the molecule is C=C[Si](OCC)(OCC)OCC.CCCC1(OC)CCCC[Si]1(OC)OC. The largest absolute Gasteiger partial charge is 0.528 e. The van der Waals surface area contributed by atoms with E-state index in [0.717, 1.165) is 25.3 Å². The number of methoxy groups -OCH3 is 1. The van der Waals surface area contributed by atoms with Gasteiger partial charge in [-0.25, -0.2) is 0 Å². The molecule has 1 rings (SSSR count). The van der Waals surface area contributed by atoms with E-state index in [9.17, 15) is 0 Å². The highest BCUT2D eigenvalue weighted by Crippen LogP contribution is 2.42. The first kappa shape index (κ1) is 26.9. The third-order valence-corrected chi connectivity index (χ3v) is 12.0. The van der Waals surface area contributed by atoms with E-state index in [1.165, 1.54) is 12.8 Å². The summed E-state index contributed by atoms with van der Waals surface area (Å²) in [6.07, 6.45) is 5.70. The van der Waals surface area contributed by atoms with Gasteiger partial charge in [-0.05, 0) is 45.4 Å². The summed E-state index contributed by atoms with van der Waals surface area (Å²) in [5, 5.41) is -0.122. The summed E-state index contributed by atoms with van der Waals surface area (Å²) >= 11 is 0.